The number of benzene rings is 3. The number of nitrogens with one attached hydrogen (secondary N) is 1. The van der Waals surface area contributed by atoms with Gasteiger partial charge in [0.1, 0.15) is 5.75 Å². The monoisotopic (exact) mass is 429 g/mol. The van der Waals surface area contributed by atoms with Crippen molar-refractivity contribution in [1.29, 1.82) is 0 Å². The summed E-state index contributed by atoms with van der Waals surface area (Å²) in [5.74, 6) is 0.632. The normalized spacial score (nSPS) is 13.8. The Morgan fingerprint density at radius 3 is 2.53 bits per heavy atom. The number of amides is 3. The molecule has 32 heavy (non-hydrogen) atoms. The van der Waals surface area contributed by atoms with Gasteiger partial charge in [0.2, 0.25) is 0 Å². The van der Waals surface area contributed by atoms with E-state index in [4.69, 9.17) is 4.74 Å². The first-order valence-electron chi connectivity index (χ1n) is 10.7. The van der Waals surface area contributed by atoms with Crippen LogP contribution in [0.3, 0.4) is 0 Å². The van der Waals surface area contributed by atoms with Crippen LogP contribution < -0.4 is 15.0 Å². The summed E-state index contributed by atoms with van der Waals surface area (Å²) in [6, 6.07) is 22.6. The van der Waals surface area contributed by atoms with E-state index in [1.807, 2.05) is 78.6 Å². The largest absolute Gasteiger partial charge is 0.497 e. The number of carbonyl (C=O) groups excluding carboxylic acids is 2. The third-order valence-corrected chi connectivity index (χ3v) is 5.54. The summed E-state index contributed by atoms with van der Waals surface area (Å²) >= 11 is 0. The maximum absolute atomic E-state index is 13.1. The average Bonchev–Trinajstić information content (AvgIpc) is 2.81. The summed E-state index contributed by atoms with van der Waals surface area (Å²) in [5, 5.41) is 2.91. The lowest BCUT2D eigenvalue weighted by atomic mass is 10.1. The fraction of sp³-hybridized carbons (Fsp3) is 0.231. The number of urea groups is 1. The van der Waals surface area contributed by atoms with Crippen molar-refractivity contribution < 1.29 is 14.3 Å². The highest BCUT2D eigenvalue weighted by Gasteiger charge is 2.26. The van der Waals surface area contributed by atoms with Crippen LogP contribution in [-0.4, -0.2) is 37.0 Å². The van der Waals surface area contributed by atoms with Gasteiger partial charge in [-0.2, -0.15) is 0 Å². The van der Waals surface area contributed by atoms with Crippen LogP contribution >= 0.6 is 0 Å². The van der Waals surface area contributed by atoms with Crippen molar-refractivity contribution in [2.45, 2.75) is 19.9 Å². The third-order valence-electron chi connectivity index (χ3n) is 5.54. The lowest BCUT2D eigenvalue weighted by Crippen LogP contribution is -2.49. The standard InChI is InChI=1S/C26H27N3O3/c1-19-6-3-8-21(16-19)25(30)27-22-10-12-23(13-11-22)29-15-5-14-28(26(29)31)18-20-7-4-9-24(17-20)32-2/h3-4,6-13,16-17H,5,14-15,18H2,1-2H3,(H,27,30). The van der Waals surface area contributed by atoms with E-state index in [-0.39, 0.29) is 11.9 Å². The number of hydrogen-bond donors (Lipinski definition) is 1. The van der Waals surface area contributed by atoms with E-state index >= 15 is 0 Å². The molecule has 6 nitrogen and oxygen atoms in total. The third kappa shape index (κ3) is 4.91. The molecule has 0 spiro atoms. The van der Waals surface area contributed by atoms with Crippen molar-refractivity contribution in [2.24, 2.45) is 0 Å². The second-order valence-electron chi connectivity index (χ2n) is 7.93. The number of anilines is 2. The summed E-state index contributed by atoms with van der Waals surface area (Å²) in [5.41, 5.74) is 4.20. The van der Waals surface area contributed by atoms with E-state index in [1.165, 1.54) is 0 Å². The van der Waals surface area contributed by atoms with E-state index in [2.05, 4.69) is 5.32 Å². The topological polar surface area (TPSA) is 61.9 Å². The molecule has 1 aliphatic heterocycles. The van der Waals surface area contributed by atoms with Gasteiger partial charge in [0.05, 0.1) is 7.11 Å². The molecule has 0 aromatic heterocycles. The first kappa shape index (κ1) is 21.4. The number of carbonyl (C=O) groups is 2. The predicted molar refractivity (Wildman–Crippen MR) is 126 cm³/mol. The Bertz CT molecular complexity index is 1110. The first-order valence-corrected chi connectivity index (χ1v) is 10.7. The van der Waals surface area contributed by atoms with Crippen molar-refractivity contribution in [1.82, 2.24) is 4.90 Å². The molecule has 3 amide bonds. The SMILES string of the molecule is COc1cccc(CN2CCCN(c3ccc(NC(=O)c4cccc(C)c4)cc3)C2=O)c1. The smallest absolute Gasteiger partial charge is 0.324 e. The molecule has 0 radical (unpaired) electrons. The molecule has 3 aromatic rings. The Morgan fingerprint density at radius 2 is 1.78 bits per heavy atom. The minimum Gasteiger partial charge on any atom is -0.497 e. The molecule has 1 N–H and O–H groups in total. The molecule has 164 valence electrons. The van der Waals surface area contributed by atoms with Gasteiger partial charge in [-0.1, -0.05) is 29.8 Å². The quantitative estimate of drug-likeness (QED) is 0.594. The highest BCUT2D eigenvalue weighted by molar-refractivity contribution is 6.04. The van der Waals surface area contributed by atoms with Crippen LogP contribution in [0.4, 0.5) is 16.2 Å². The lowest BCUT2D eigenvalue weighted by molar-refractivity contribution is 0.102. The number of ether oxygens (including phenoxy) is 1. The van der Waals surface area contributed by atoms with Gasteiger partial charge in [0.25, 0.3) is 5.91 Å². The Kier molecular flexibility index (Phi) is 6.40. The summed E-state index contributed by atoms with van der Waals surface area (Å²) in [6.45, 7) is 3.88. The zero-order valence-electron chi connectivity index (χ0n) is 18.4. The molecule has 1 saturated heterocycles. The molecule has 3 aromatic carbocycles. The van der Waals surface area contributed by atoms with E-state index in [0.29, 0.717) is 24.3 Å². The predicted octanol–water partition coefficient (Wildman–Crippen LogP) is 5.09. The number of methoxy groups -OCH3 is 1. The maximum atomic E-state index is 13.1. The van der Waals surface area contributed by atoms with Crippen molar-refractivity contribution in [3.63, 3.8) is 0 Å². The minimum absolute atomic E-state index is 0.0179. The fourth-order valence-corrected chi connectivity index (χ4v) is 3.87. The van der Waals surface area contributed by atoms with Gasteiger partial charge >= 0.3 is 6.03 Å². The Morgan fingerprint density at radius 1 is 1.00 bits per heavy atom. The van der Waals surface area contributed by atoms with Crippen molar-refractivity contribution in [3.8, 4) is 5.75 Å². The van der Waals surface area contributed by atoms with Crippen LogP contribution in [0.5, 0.6) is 5.75 Å². The molecule has 0 unspecified atom stereocenters. The van der Waals surface area contributed by atoms with Crippen molar-refractivity contribution >= 4 is 23.3 Å². The van der Waals surface area contributed by atoms with Gasteiger partial charge in [-0.15, -0.1) is 0 Å². The molecule has 0 atom stereocenters. The summed E-state index contributed by atoms with van der Waals surface area (Å²) in [7, 11) is 1.64. The van der Waals surface area contributed by atoms with Crippen LogP contribution in [0.25, 0.3) is 0 Å². The molecule has 1 heterocycles. The number of aryl methyl sites for hydroxylation is 1. The number of nitrogens with zero attached hydrogens (tertiary/aromatic N) is 2. The van der Waals surface area contributed by atoms with Crippen LogP contribution in [0.15, 0.2) is 72.8 Å². The molecule has 0 bridgehead atoms. The van der Waals surface area contributed by atoms with Crippen LogP contribution in [-0.2, 0) is 6.54 Å². The van der Waals surface area contributed by atoms with Gasteiger partial charge in [-0.25, -0.2) is 4.79 Å². The molecular weight excluding hydrogens is 402 g/mol. The van der Waals surface area contributed by atoms with Crippen LogP contribution in [0.2, 0.25) is 0 Å². The molecule has 6 heteroatoms. The lowest BCUT2D eigenvalue weighted by Gasteiger charge is -2.35. The zero-order valence-corrected chi connectivity index (χ0v) is 18.4. The van der Waals surface area contributed by atoms with Crippen LogP contribution in [0, 0.1) is 6.92 Å². The molecule has 0 aliphatic carbocycles. The molecular formula is C26H27N3O3. The van der Waals surface area contributed by atoms with Crippen molar-refractivity contribution in [3.05, 3.63) is 89.5 Å². The summed E-state index contributed by atoms with van der Waals surface area (Å²) in [4.78, 5) is 29.2. The Labute approximate surface area is 188 Å². The number of hydrogen-bond acceptors (Lipinski definition) is 3. The molecule has 4 rings (SSSR count). The second kappa shape index (κ2) is 9.56. The van der Waals surface area contributed by atoms with Gasteiger partial charge in [0.15, 0.2) is 0 Å². The van der Waals surface area contributed by atoms with Gasteiger partial charge in [0, 0.05) is 36.6 Å². The molecule has 0 saturated carbocycles. The molecule has 1 fully saturated rings. The Balaban J connectivity index is 1.42. The fourth-order valence-electron chi connectivity index (χ4n) is 3.87. The second-order valence-corrected chi connectivity index (χ2v) is 7.93. The van der Waals surface area contributed by atoms with Gasteiger partial charge in [-0.05, 0) is 67.4 Å². The first-order chi connectivity index (χ1) is 15.5. The summed E-state index contributed by atoms with van der Waals surface area (Å²) < 4.78 is 5.29. The summed E-state index contributed by atoms with van der Waals surface area (Å²) in [6.07, 6.45) is 0.890. The van der Waals surface area contributed by atoms with E-state index in [1.54, 1.807) is 18.1 Å². The minimum atomic E-state index is -0.153. The van der Waals surface area contributed by atoms with E-state index in [9.17, 15) is 9.59 Å². The highest BCUT2D eigenvalue weighted by Crippen LogP contribution is 2.24. The average molecular weight is 430 g/mol. The van der Waals surface area contributed by atoms with E-state index < -0.39 is 0 Å². The highest BCUT2D eigenvalue weighted by atomic mass is 16.5. The van der Waals surface area contributed by atoms with E-state index in [0.717, 1.165) is 35.5 Å². The number of rotatable bonds is 6. The molecule has 1 aliphatic rings. The Hall–Kier alpha value is -3.80. The van der Waals surface area contributed by atoms with Gasteiger partial charge in [-0.3, -0.25) is 9.69 Å². The van der Waals surface area contributed by atoms with Crippen LogP contribution in [0.1, 0.15) is 27.9 Å². The zero-order chi connectivity index (χ0) is 22.5. The van der Waals surface area contributed by atoms with Crippen molar-refractivity contribution in [2.75, 3.05) is 30.4 Å². The van der Waals surface area contributed by atoms with Gasteiger partial charge < -0.3 is 15.0 Å². The maximum Gasteiger partial charge on any atom is 0.324 e.